The minimum Gasteiger partial charge on any atom is -0.300 e. The molecule has 14 heavy (non-hydrogen) atoms. The van der Waals surface area contributed by atoms with E-state index < -0.39 is 10.1 Å². The Morgan fingerprint density at radius 1 is 1.21 bits per heavy atom. The van der Waals surface area contributed by atoms with Crippen LogP contribution in [0.2, 0.25) is 0 Å². The molecule has 0 amide bonds. The molecule has 0 radical (unpaired) electrons. The Balaban J connectivity index is 2.00. The van der Waals surface area contributed by atoms with Crippen LogP contribution in [0.4, 0.5) is 0 Å². The first-order valence-electron chi connectivity index (χ1n) is 5.06. The van der Waals surface area contributed by atoms with Gasteiger partial charge in [0.15, 0.2) is 0 Å². The molecule has 4 nitrogen and oxygen atoms in total. The fourth-order valence-corrected chi connectivity index (χ4v) is 3.34. The lowest BCUT2D eigenvalue weighted by molar-refractivity contribution is 0.0710. The molecule has 2 bridgehead atoms. The Hall–Kier alpha value is -0.130. The van der Waals surface area contributed by atoms with Gasteiger partial charge in [-0.3, -0.25) is 4.18 Å². The number of hydrogen-bond acceptors (Lipinski definition) is 4. The Labute approximate surface area is 85.4 Å². The van der Waals surface area contributed by atoms with Crippen LogP contribution in [0.1, 0.15) is 25.7 Å². The Morgan fingerprint density at radius 2 is 1.71 bits per heavy atom. The van der Waals surface area contributed by atoms with Crippen molar-refractivity contribution in [3.63, 3.8) is 0 Å². The highest BCUT2D eigenvalue weighted by atomic mass is 32.2. The van der Waals surface area contributed by atoms with Crippen molar-refractivity contribution in [3.8, 4) is 0 Å². The Bertz CT molecular complexity index is 300. The number of rotatable bonds is 2. The van der Waals surface area contributed by atoms with Crippen LogP contribution in [0.5, 0.6) is 0 Å². The lowest BCUT2D eigenvalue weighted by atomic mass is 10.0. The third-order valence-corrected chi connectivity index (χ3v) is 3.99. The molecule has 0 aliphatic carbocycles. The number of hydrogen-bond donors (Lipinski definition) is 0. The largest absolute Gasteiger partial charge is 0.300 e. The summed E-state index contributed by atoms with van der Waals surface area (Å²) in [5.41, 5.74) is 0. The van der Waals surface area contributed by atoms with Crippen molar-refractivity contribution < 1.29 is 12.6 Å². The molecule has 0 unspecified atom stereocenters. The van der Waals surface area contributed by atoms with Crippen LogP contribution >= 0.6 is 0 Å². The minimum absolute atomic E-state index is 0.0845. The molecule has 0 aromatic rings. The van der Waals surface area contributed by atoms with Crippen molar-refractivity contribution in [1.82, 2.24) is 4.90 Å². The lowest BCUT2D eigenvalue weighted by Crippen LogP contribution is -2.43. The second-order valence-electron chi connectivity index (χ2n) is 4.44. The van der Waals surface area contributed by atoms with E-state index >= 15 is 0 Å². The third-order valence-electron chi connectivity index (χ3n) is 3.37. The zero-order valence-corrected chi connectivity index (χ0v) is 9.46. The van der Waals surface area contributed by atoms with E-state index in [-0.39, 0.29) is 6.10 Å². The van der Waals surface area contributed by atoms with Gasteiger partial charge in [-0.15, -0.1) is 0 Å². The summed E-state index contributed by atoms with van der Waals surface area (Å²) >= 11 is 0. The highest BCUT2D eigenvalue weighted by Gasteiger charge is 2.39. The van der Waals surface area contributed by atoms with Crippen LogP contribution in [-0.2, 0) is 14.3 Å². The van der Waals surface area contributed by atoms with Crippen LogP contribution < -0.4 is 0 Å². The Kier molecular flexibility index (Phi) is 2.57. The van der Waals surface area contributed by atoms with E-state index in [1.165, 1.54) is 12.8 Å². The van der Waals surface area contributed by atoms with Crippen molar-refractivity contribution in [2.75, 3.05) is 13.3 Å². The van der Waals surface area contributed by atoms with Crippen LogP contribution in [0.15, 0.2) is 0 Å². The van der Waals surface area contributed by atoms with Crippen LogP contribution in [0, 0.1) is 0 Å². The summed E-state index contributed by atoms with van der Waals surface area (Å²) in [7, 11) is -1.15. The molecular weight excluding hydrogens is 202 g/mol. The predicted octanol–water partition coefficient (Wildman–Crippen LogP) is 0.588. The summed E-state index contributed by atoms with van der Waals surface area (Å²) in [5, 5.41) is 0. The molecule has 2 atom stereocenters. The maximum Gasteiger partial charge on any atom is 0.264 e. The van der Waals surface area contributed by atoms with Crippen molar-refractivity contribution in [2.24, 2.45) is 0 Å². The van der Waals surface area contributed by atoms with Gasteiger partial charge in [0.25, 0.3) is 10.1 Å². The molecule has 0 aromatic heterocycles. The fraction of sp³-hybridized carbons (Fsp3) is 1.00. The van der Waals surface area contributed by atoms with E-state index in [1.54, 1.807) is 0 Å². The summed E-state index contributed by atoms with van der Waals surface area (Å²) in [4.78, 5) is 2.36. The molecule has 2 aliphatic rings. The fourth-order valence-electron chi connectivity index (χ4n) is 2.69. The van der Waals surface area contributed by atoms with Crippen LogP contribution in [-0.4, -0.2) is 44.8 Å². The Morgan fingerprint density at radius 3 is 2.14 bits per heavy atom. The van der Waals surface area contributed by atoms with E-state index in [0.717, 1.165) is 19.1 Å². The van der Waals surface area contributed by atoms with E-state index in [9.17, 15) is 8.42 Å². The molecule has 0 saturated carbocycles. The average molecular weight is 219 g/mol. The predicted molar refractivity (Wildman–Crippen MR) is 53.5 cm³/mol. The quantitative estimate of drug-likeness (QED) is 0.638. The maximum atomic E-state index is 11.0. The zero-order chi connectivity index (χ0) is 10.3. The normalized spacial score (nSPS) is 38.9. The average Bonchev–Trinajstić information content (AvgIpc) is 2.32. The lowest BCUT2D eigenvalue weighted by Gasteiger charge is -2.35. The van der Waals surface area contributed by atoms with Gasteiger partial charge in [0.1, 0.15) is 0 Å². The highest BCUT2D eigenvalue weighted by Crippen LogP contribution is 2.35. The van der Waals surface area contributed by atoms with Gasteiger partial charge in [0.05, 0.1) is 12.4 Å². The first kappa shape index (κ1) is 10.4. The molecule has 2 saturated heterocycles. The van der Waals surface area contributed by atoms with Gasteiger partial charge in [0, 0.05) is 12.1 Å². The minimum atomic E-state index is -3.28. The maximum absolute atomic E-state index is 11.0. The van der Waals surface area contributed by atoms with E-state index in [2.05, 4.69) is 11.9 Å². The van der Waals surface area contributed by atoms with E-state index in [4.69, 9.17) is 4.18 Å². The molecule has 5 heteroatoms. The molecule has 2 fully saturated rings. The third kappa shape index (κ3) is 2.10. The van der Waals surface area contributed by atoms with Gasteiger partial charge in [0.2, 0.25) is 0 Å². The molecule has 0 spiro atoms. The number of piperidine rings is 1. The summed E-state index contributed by atoms with van der Waals surface area (Å²) in [6, 6.07) is 1.06. The molecule has 2 rings (SSSR count). The summed E-state index contributed by atoms with van der Waals surface area (Å²) in [5.74, 6) is 0. The van der Waals surface area contributed by atoms with Gasteiger partial charge in [-0.25, -0.2) is 0 Å². The molecule has 2 heterocycles. The zero-order valence-electron chi connectivity index (χ0n) is 8.64. The van der Waals surface area contributed by atoms with Crippen LogP contribution in [0.25, 0.3) is 0 Å². The molecule has 0 aromatic carbocycles. The first-order chi connectivity index (χ1) is 6.46. The van der Waals surface area contributed by atoms with Gasteiger partial charge < -0.3 is 4.90 Å². The van der Waals surface area contributed by atoms with Crippen molar-refractivity contribution in [1.29, 1.82) is 0 Å². The van der Waals surface area contributed by atoms with Crippen molar-refractivity contribution in [3.05, 3.63) is 0 Å². The topological polar surface area (TPSA) is 46.6 Å². The SMILES string of the molecule is CN1[C@H]2CC[C@H]1CC(OS(C)(=O)=O)C2. The molecular formula is C9H17NO3S. The second kappa shape index (κ2) is 3.47. The van der Waals surface area contributed by atoms with Gasteiger partial charge in [-0.05, 0) is 32.7 Å². The van der Waals surface area contributed by atoms with Crippen molar-refractivity contribution in [2.45, 2.75) is 43.9 Å². The van der Waals surface area contributed by atoms with E-state index in [1.807, 2.05) is 0 Å². The smallest absolute Gasteiger partial charge is 0.264 e. The van der Waals surface area contributed by atoms with Crippen LogP contribution in [0.3, 0.4) is 0 Å². The van der Waals surface area contributed by atoms with Gasteiger partial charge in [-0.1, -0.05) is 0 Å². The van der Waals surface area contributed by atoms with Gasteiger partial charge in [-0.2, -0.15) is 8.42 Å². The van der Waals surface area contributed by atoms with Crippen molar-refractivity contribution >= 4 is 10.1 Å². The number of fused-ring (bicyclic) bond motifs is 2. The molecule has 2 aliphatic heterocycles. The summed E-state index contributed by atoms with van der Waals surface area (Å²) < 4.78 is 27.0. The number of nitrogens with zero attached hydrogens (tertiary/aromatic N) is 1. The summed E-state index contributed by atoms with van der Waals surface area (Å²) in [6.07, 6.45) is 5.14. The van der Waals surface area contributed by atoms with Gasteiger partial charge >= 0.3 is 0 Å². The summed E-state index contributed by atoms with van der Waals surface area (Å²) in [6.45, 7) is 0. The van der Waals surface area contributed by atoms with E-state index in [0.29, 0.717) is 12.1 Å². The monoisotopic (exact) mass is 219 g/mol. The highest BCUT2D eigenvalue weighted by molar-refractivity contribution is 7.86. The molecule has 0 N–H and O–H groups in total. The second-order valence-corrected chi connectivity index (χ2v) is 6.04. The standard InChI is InChI=1S/C9H17NO3S/c1-10-7-3-4-8(10)6-9(5-7)13-14(2,11)12/h7-9H,3-6H2,1-2H3/t7-,8-/m0/s1. The first-order valence-corrected chi connectivity index (χ1v) is 6.87. The molecule has 82 valence electrons.